The maximum absolute atomic E-state index is 11.7. The van der Waals surface area contributed by atoms with Crippen molar-refractivity contribution < 1.29 is 14.5 Å². The predicted octanol–water partition coefficient (Wildman–Crippen LogP) is 2.47. The smallest absolute Gasteiger partial charge is 0.315 e. The number of carbonyl (C=O) groups excluding carboxylic acids is 1. The zero-order valence-corrected chi connectivity index (χ0v) is 11.3. The molecule has 0 saturated carbocycles. The summed E-state index contributed by atoms with van der Waals surface area (Å²) in [5, 5.41) is 10.5. The fourth-order valence-electron chi connectivity index (χ4n) is 1.71. The first-order valence-electron chi connectivity index (χ1n) is 5.79. The lowest BCUT2D eigenvalue weighted by Crippen LogP contribution is -2.30. The number of nitro groups is 1. The van der Waals surface area contributed by atoms with Gasteiger partial charge < -0.3 is 4.74 Å². The van der Waals surface area contributed by atoms with Crippen LogP contribution in [0.2, 0.25) is 0 Å². The minimum absolute atomic E-state index is 0.0556. The average molecular weight is 263 g/mol. The van der Waals surface area contributed by atoms with Crippen LogP contribution in [0.4, 0.5) is 0 Å². The minimum Gasteiger partial charge on any atom is -0.468 e. The first kappa shape index (κ1) is 14.9. The van der Waals surface area contributed by atoms with Crippen molar-refractivity contribution in [1.82, 2.24) is 0 Å². The van der Waals surface area contributed by atoms with E-state index in [4.69, 9.17) is 4.74 Å². The van der Waals surface area contributed by atoms with Crippen molar-refractivity contribution >= 4 is 5.97 Å². The summed E-state index contributed by atoms with van der Waals surface area (Å²) in [6.45, 7) is 6.92. The van der Waals surface area contributed by atoms with E-state index in [0.717, 1.165) is 11.1 Å². The van der Waals surface area contributed by atoms with Gasteiger partial charge in [-0.15, -0.1) is 0 Å². The lowest BCUT2D eigenvalue weighted by molar-refractivity contribution is -0.426. The minimum atomic E-state index is -0.743. The van der Waals surface area contributed by atoms with Crippen LogP contribution in [0.25, 0.3) is 0 Å². The Morgan fingerprint density at radius 1 is 1.37 bits per heavy atom. The molecule has 1 rings (SSSR count). The third-order valence-electron chi connectivity index (χ3n) is 3.04. The van der Waals surface area contributed by atoms with Crippen LogP contribution in [0.3, 0.4) is 0 Å². The molecule has 0 radical (unpaired) electrons. The van der Waals surface area contributed by atoms with Crippen LogP contribution >= 0.6 is 0 Å². The topological polar surface area (TPSA) is 69.4 Å². The predicted molar refractivity (Wildman–Crippen MR) is 71.3 cm³/mol. The zero-order valence-electron chi connectivity index (χ0n) is 11.3. The molecule has 0 atom stereocenters. The van der Waals surface area contributed by atoms with E-state index in [0.29, 0.717) is 0 Å². The van der Waals surface area contributed by atoms with Gasteiger partial charge in [0.2, 0.25) is 5.70 Å². The van der Waals surface area contributed by atoms with Crippen molar-refractivity contribution in [3.8, 4) is 0 Å². The van der Waals surface area contributed by atoms with E-state index < -0.39 is 10.3 Å². The van der Waals surface area contributed by atoms with Crippen LogP contribution in [0.15, 0.2) is 36.5 Å². The summed E-state index contributed by atoms with van der Waals surface area (Å²) in [5.74, 6) is -0.324. The maximum Gasteiger partial charge on any atom is 0.315 e. The second-order valence-electron chi connectivity index (χ2n) is 4.81. The van der Waals surface area contributed by atoms with Crippen molar-refractivity contribution in [3.05, 3.63) is 57.8 Å². The molecule has 0 aliphatic carbocycles. The number of allylic oxidation sites excluding steroid dienone is 1. The Morgan fingerprint density at radius 2 is 1.89 bits per heavy atom. The van der Waals surface area contributed by atoms with Gasteiger partial charge in [-0.1, -0.05) is 24.3 Å². The molecule has 0 N–H and O–H groups in total. The monoisotopic (exact) mass is 263 g/mol. The number of esters is 1. The molecule has 0 aliphatic rings. The summed E-state index contributed by atoms with van der Waals surface area (Å²) in [6, 6.07) is 7.07. The van der Waals surface area contributed by atoms with Crippen LogP contribution in [-0.4, -0.2) is 18.0 Å². The van der Waals surface area contributed by atoms with Crippen LogP contribution in [0.5, 0.6) is 0 Å². The van der Waals surface area contributed by atoms with Crippen molar-refractivity contribution in [2.75, 3.05) is 7.11 Å². The van der Waals surface area contributed by atoms with Gasteiger partial charge in [-0.05, 0) is 31.6 Å². The van der Waals surface area contributed by atoms with Gasteiger partial charge in [-0.25, -0.2) is 0 Å². The molecule has 1 aromatic carbocycles. The van der Waals surface area contributed by atoms with Crippen LogP contribution in [-0.2, 0) is 21.4 Å². The van der Waals surface area contributed by atoms with Crippen molar-refractivity contribution in [3.63, 3.8) is 0 Å². The highest BCUT2D eigenvalue weighted by atomic mass is 16.6. The Labute approximate surface area is 112 Å². The molecule has 0 spiro atoms. The number of benzene rings is 1. The van der Waals surface area contributed by atoms with Crippen LogP contribution in [0, 0.1) is 10.1 Å². The molecule has 0 aromatic heterocycles. The van der Waals surface area contributed by atoms with E-state index in [1.165, 1.54) is 7.11 Å². The fraction of sp³-hybridized carbons (Fsp3) is 0.357. The Kier molecular flexibility index (Phi) is 4.43. The SMILES string of the molecule is C=C(Cc1ccc(C(C)(C)C(=O)OC)cc1)[N+](=O)[O-]. The lowest BCUT2D eigenvalue weighted by Gasteiger charge is -2.22. The van der Waals surface area contributed by atoms with E-state index in [9.17, 15) is 14.9 Å². The van der Waals surface area contributed by atoms with E-state index in [-0.39, 0.29) is 18.1 Å². The molecule has 0 fully saturated rings. The molecular formula is C14H17NO4. The Hall–Kier alpha value is -2.17. The number of carbonyl (C=O) groups is 1. The van der Waals surface area contributed by atoms with Crippen molar-refractivity contribution in [2.24, 2.45) is 0 Å². The zero-order chi connectivity index (χ0) is 14.6. The van der Waals surface area contributed by atoms with E-state index in [2.05, 4.69) is 6.58 Å². The highest BCUT2D eigenvalue weighted by Crippen LogP contribution is 2.25. The second kappa shape index (κ2) is 5.65. The molecule has 0 heterocycles. The highest BCUT2D eigenvalue weighted by Gasteiger charge is 2.30. The molecule has 0 aliphatic heterocycles. The van der Waals surface area contributed by atoms with E-state index in [1.807, 2.05) is 0 Å². The van der Waals surface area contributed by atoms with Gasteiger partial charge in [0, 0.05) is 0 Å². The largest absolute Gasteiger partial charge is 0.468 e. The maximum atomic E-state index is 11.7. The molecule has 5 heteroatoms. The molecule has 5 nitrogen and oxygen atoms in total. The van der Waals surface area contributed by atoms with E-state index in [1.54, 1.807) is 38.1 Å². The molecule has 19 heavy (non-hydrogen) atoms. The number of hydrogen-bond acceptors (Lipinski definition) is 4. The molecular weight excluding hydrogens is 246 g/mol. The van der Waals surface area contributed by atoms with Gasteiger partial charge in [-0.3, -0.25) is 14.9 Å². The van der Waals surface area contributed by atoms with Gasteiger partial charge in [0.1, 0.15) is 0 Å². The summed E-state index contributed by atoms with van der Waals surface area (Å²) >= 11 is 0. The highest BCUT2D eigenvalue weighted by molar-refractivity contribution is 5.82. The number of methoxy groups -OCH3 is 1. The Morgan fingerprint density at radius 3 is 2.32 bits per heavy atom. The van der Waals surface area contributed by atoms with Gasteiger partial charge >= 0.3 is 5.97 Å². The van der Waals surface area contributed by atoms with Crippen molar-refractivity contribution in [1.29, 1.82) is 0 Å². The van der Waals surface area contributed by atoms with Crippen LogP contribution < -0.4 is 0 Å². The van der Waals surface area contributed by atoms with Crippen LogP contribution in [0.1, 0.15) is 25.0 Å². The van der Waals surface area contributed by atoms with E-state index >= 15 is 0 Å². The second-order valence-corrected chi connectivity index (χ2v) is 4.81. The average Bonchev–Trinajstić information content (AvgIpc) is 2.38. The van der Waals surface area contributed by atoms with Crippen molar-refractivity contribution in [2.45, 2.75) is 25.7 Å². The molecule has 0 bridgehead atoms. The molecule has 0 amide bonds. The lowest BCUT2D eigenvalue weighted by atomic mass is 9.84. The summed E-state index contributed by atoms with van der Waals surface area (Å²) in [6.07, 6.45) is 0.186. The molecule has 102 valence electrons. The quantitative estimate of drug-likeness (QED) is 0.465. The first-order chi connectivity index (χ1) is 8.78. The Bertz CT molecular complexity index is 503. The number of nitrogens with zero attached hydrogens (tertiary/aromatic N) is 1. The molecule has 0 saturated heterocycles. The third kappa shape index (κ3) is 3.40. The fourth-order valence-corrected chi connectivity index (χ4v) is 1.71. The van der Waals surface area contributed by atoms with Gasteiger partial charge in [-0.2, -0.15) is 0 Å². The first-order valence-corrected chi connectivity index (χ1v) is 5.79. The molecule has 0 unspecified atom stereocenters. The summed E-state index contributed by atoms with van der Waals surface area (Å²) in [4.78, 5) is 21.7. The van der Waals surface area contributed by atoms with Gasteiger partial charge in [0.15, 0.2) is 0 Å². The normalized spacial score (nSPS) is 10.9. The summed E-state index contributed by atoms with van der Waals surface area (Å²) in [5.41, 5.74) is 0.786. The third-order valence-corrected chi connectivity index (χ3v) is 3.04. The summed E-state index contributed by atoms with van der Waals surface area (Å²) in [7, 11) is 1.35. The van der Waals surface area contributed by atoms with Gasteiger partial charge in [0.05, 0.1) is 23.9 Å². The number of ether oxygens (including phenoxy) is 1. The van der Waals surface area contributed by atoms with Gasteiger partial charge in [0.25, 0.3) is 0 Å². The number of rotatable bonds is 5. The molecule has 1 aromatic rings. The number of hydrogen-bond donors (Lipinski definition) is 0. The standard InChI is InChI=1S/C14H17NO4/c1-10(15(17)18)9-11-5-7-12(8-6-11)14(2,3)13(16)19-4/h5-8H,1,9H2,2-4H3. The Balaban J connectivity index is 2.91. The summed E-state index contributed by atoms with van der Waals surface area (Å²) < 4.78 is 4.75.